The molecular weight excluding hydrogens is 703 g/mol. The Hall–Kier alpha value is -6.14. The maximum Gasteiger partial charge on any atom is 0.296 e. The zero-order valence-electron chi connectivity index (χ0n) is 26.6. The third kappa shape index (κ3) is 7.12. The highest BCUT2D eigenvalue weighted by molar-refractivity contribution is 7.91. The number of ether oxygens (including phenoxy) is 2. The van der Waals surface area contributed by atoms with Crippen LogP contribution in [0, 0.1) is 0 Å². The number of hydrogen-bond donors (Lipinski definition) is 5. The Bertz CT molecular complexity index is 2300. The highest BCUT2D eigenvalue weighted by Gasteiger charge is 2.34. The van der Waals surface area contributed by atoms with Gasteiger partial charge in [0.2, 0.25) is 11.6 Å². The van der Waals surface area contributed by atoms with Crippen molar-refractivity contribution in [3.05, 3.63) is 117 Å². The van der Waals surface area contributed by atoms with Crippen molar-refractivity contribution in [2.45, 2.75) is 0 Å². The molecule has 0 atom stereocenters. The Morgan fingerprint density at radius 1 is 0.588 bits per heavy atom. The molecule has 2 aliphatic rings. The van der Waals surface area contributed by atoms with Gasteiger partial charge in [-0.05, 0) is 83.9 Å². The first kappa shape index (κ1) is 34.7. The summed E-state index contributed by atoms with van der Waals surface area (Å²) >= 11 is 0. The molecule has 0 spiro atoms. The Kier molecular flexibility index (Phi) is 9.28. The van der Waals surface area contributed by atoms with E-state index in [9.17, 15) is 35.5 Å². The van der Waals surface area contributed by atoms with Gasteiger partial charge in [-0.1, -0.05) is 24.3 Å². The molecule has 0 saturated heterocycles. The molecule has 0 fully saturated rings. The lowest BCUT2D eigenvalue weighted by Gasteiger charge is -2.19. The molecule has 6 rings (SSSR count). The number of carbonyl (C=O) groups excluding carboxylic acids is 2. The summed E-state index contributed by atoms with van der Waals surface area (Å²) in [6.45, 7) is 0. The Balaban J connectivity index is 1.31. The Labute approximate surface area is 291 Å². The van der Waals surface area contributed by atoms with Crippen LogP contribution < -0.4 is 25.6 Å². The Morgan fingerprint density at radius 2 is 0.980 bits per heavy atom. The van der Waals surface area contributed by atoms with Gasteiger partial charge in [0.1, 0.15) is 21.3 Å². The number of methoxy groups -OCH3 is 2. The quantitative estimate of drug-likeness (QED) is 0.104. The lowest BCUT2D eigenvalue weighted by Crippen LogP contribution is -2.27. The van der Waals surface area contributed by atoms with Gasteiger partial charge in [0.25, 0.3) is 20.2 Å². The van der Waals surface area contributed by atoms with Gasteiger partial charge in [-0.25, -0.2) is 0 Å². The van der Waals surface area contributed by atoms with Gasteiger partial charge in [0.15, 0.2) is 11.4 Å². The Morgan fingerprint density at radius 3 is 1.35 bits per heavy atom. The summed E-state index contributed by atoms with van der Waals surface area (Å²) in [7, 11) is -6.97. The number of allylic oxidation sites excluding steroid dienone is 2. The van der Waals surface area contributed by atoms with Crippen molar-refractivity contribution in [1.82, 2.24) is 0 Å². The van der Waals surface area contributed by atoms with Crippen molar-refractivity contribution < 1.29 is 45.0 Å². The van der Waals surface area contributed by atoms with Crippen molar-refractivity contribution in [1.29, 1.82) is 0 Å². The zero-order valence-corrected chi connectivity index (χ0v) is 28.2. The SMILES string of the molecule is COc1ccccc1N/N=C1/C(=O)c2ccc(Nc3ccc4c(c3)C=C(S(=O)(=O)O)/C(=N\Nc3ccccc3OC)C4=O)cc2C=C1S(=O)(=O)O. The molecule has 0 radical (unpaired) electrons. The van der Waals surface area contributed by atoms with E-state index in [0.717, 1.165) is 12.2 Å². The maximum atomic E-state index is 13.4. The predicted molar refractivity (Wildman–Crippen MR) is 192 cm³/mol. The molecule has 0 aromatic heterocycles. The normalized spacial score (nSPS) is 15.8. The van der Waals surface area contributed by atoms with Crippen molar-refractivity contribution in [3.63, 3.8) is 0 Å². The molecule has 15 nitrogen and oxygen atoms in total. The van der Waals surface area contributed by atoms with Crippen molar-refractivity contribution in [3.8, 4) is 11.5 Å². The highest BCUT2D eigenvalue weighted by Crippen LogP contribution is 2.33. The molecular formula is C34H27N5O10S2. The number of hydrazone groups is 2. The number of Topliss-reactive ketones (excluding diaryl/α,β-unsaturated/α-hetero) is 2. The summed E-state index contributed by atoms with van der Waals surface area (Å²) < 4.78 is 79.9. The molecule has 5 N–H and O–H groups in total. The summed E-state index contributed by atoms with van der Waals surface area (Å²) in [4.78, 5) is 25.4. The first-order valence-electron chi connectivity index (χ1n) is 14.8. The van der Waals surface area contributed by atoms with Crippen LogP contribution >= 0.6 is 0 Å². The van der Waals surface area contributed by atoms with E-state index in [1.54, 1.807) is 48.5 Å². The lowest BCUT2D eigenvalue weighted by atomic mass is 9.93. The second-order valence-corrected chi connectivity index (χ2v) is 13.7. The number of nitrogens with zero attached hydrogens (tertiary/aromatic N) is 2. The van der Waals surface area contributed by atoms with Crippen LogP contribution in [0.4, 0.5) is 22.7 Å². The van der Waals surface area contributed by atoms with Crippen molar-refractivity contribution >= 4 is 78.1 Å². The number of carbonyl (C=O) groups is 2. The number of anilines is 4. The van der Waals surface area contributed by atoms with Crippen LogP contribution in [0.3, 0.4) is 0 Å². The average molecular weight is 730 g/mol. The number of benzene rings is 4. The maximum absolute atomic E-state index is 13.4. The van der Waals surface area contributed by atoms with E-state index >= 15 is 0 Å². The molecule has 0 heterocycles. The van der Waals surface area contributed by atoms with Crippen LogP contribution in [0.5, 0.6) is 11.5 Å². The summed E-state index contributed by atoms with van der Waals surface area (Å²) in [6.07, 6.45) is 2.21. The van der Waals surface area contributed by atoms with Crippen LogP contribution in [-0.4, -0.2) is 63.2 Å². The largest absolute Gasteiger partial charge is 0.495 e. The van der Waals surface area contributed by atoms with E-state index in [1.807, 2.05) is 0 Å². The number of ketones is 2. The fourth-order valence-corrected chi connectivity index (χ4v) is 6.63. The highest BCUT2D eigenvalue weighted by atomic mass is 32.2. The minimum Gasteiger partial charge on any atom is -0.495 e. The molecule has 0 unspecified atom stereocenters. The van der Waals surface area contributed by atoms with E-state index in [2.05, 4.69) is 26.4 Å². The third-order valence-electron chi connectivity index (χ3n) is 7.70. The molecule has 2 aliphatic carbocycles. The first-order valence-corrected chi connectivity index (χ1v) is 17.6. The van der Waals surface area contributed by atoms with Crippen LogP contribution in [0.2, 0.25) is 0 Å². The van der Waals surface area contributed by atoms with Crippen molar-refractivity contribution in [2.24, 2.45) is 10.2 Å². The van der Waals surface area contributed by atoms with E-state index in [1.165, 1.54) is 50.6 Å². The summed E-state index contributed by atoms with van der Waals surface area (Å²) in [6, 6.07) is 22.1. The van der Waals surface area contributed by atoms with Crippen LogP contribution in [0.15, 0.2) is 105 Å². The van der Waals surface area contributed by atoms with E-state index in [4.69, 9.17) is 9.47 Å². The van der Waals surface area contributed by atoms with E-state index < -0.39 is 53.0 Å². The van der Waals surface area contributed by atoms with Gasteiger partial charge < -0.3 is 14.8 Å². The number of hydrogen-bond acceptors (Lipinski definition) is 13. The molecule has 0 amide bonds. The molecule has 51 heavy (non-hydrogen) atoms. The second kappa shape index (κ2) is 13.6. The molecule has 17 heteroatoms. The summed E-state index contributed by atoms with van der Waals surface area (Å²) in [5.41, 5.74) is 6.07. The second-order valence-electron chi connectivity index (χ2n) is 10.9. The number of fused-ring (bicyclic) bond motifs is 2. The van der Waals surface area contributed by atoms with Gasteiger partial charge in [0, 0.05) is 22.5 Å². The van der Waals surface area contributed by atoms with Gasteiger partial charge in [-0.3, -0.25) is 29.5 Å². The average Bonchev–Trinajstić information content (AvgIpc) is 3.10. The van der Waals surface area contributed by atoms with Gasteiger partial charge >= 0.3 is 0 Å². The van der Waals surface area contributed by atoms with Crippen LogP contribution in [0.25, 0.3) is 12.2 Å². The zero-order chi connectivity index (χ0) is 36.5. The molecule has 0 bridgehead atoms. The third-order valence-corrected chi connectivity index (χ3v) is 9.43. The summed E-state index contributed by atoms with van der Waals surface area (Å²) in [5, 5.41) is 11.0. The van der Waals surface area contributed by atoms with Crippen molar-refractivity contribution in [2.75, 3.05) is 30.4 Å². The first-order chi connectivity index (χ1) is 24.3. The molecule has 260 valence electrons. The topological polar surface area (TPSA) is 222 Å². The number of nitrogens with one attached hydrogen (secondary N) is 3. The lowest BCUT2D eigenvalue weighted by molar-refractivity contribution is 0.105. The summed E-state index contributed by atoms with van der Waals surface area (Å²) in [5.74, 6) is -0.794. The van der Waals surface area contributed by atoms with E-state index in [0.29, 0.717) is 34.2 Å². The predicted octanol–water partition coefficient (Wildman–Crippen LogP) is 5.23. The number of rotatable bonds is 10. The minimum absolute atomic E-state index is 0.0961. The molecule has 4 aromatic rings. The number of para-hydroxylation sites is 4. The molecule has 0 aliphatic heterocycles. The fourth-order valence-electron chi connectivity index (χ4n) is 5.31. The standard InChI is InChI=1S/C34H27N5O10S2/c1-48-27-9-5-3-7-25(27)36-38-31-29(50(42,43)44)17-19-15-21(11-13-23(19)33(31)40)35-22-12-14-24-20(16-22)18-30(51(45,46)47)32(34(24)41)39-37-26-8-4-6-10-28(26)49-2/h3-18,35-37H,1-2H3,(H,42,43,44)(H,45,46,47)/b38-31+,39-32+. The van der Waals surface area contributed by atoms with Gasteiger partial charge in [-0.15, -0.1) is 0 Å². The monoisotopic (exact) mass is 729 g/mol. The van der Waals surface area contributed by atoms with Gasteiger partial charge in [0.05, 0.1) is 25.6 Å². The van der Waals surface area contributed by atoms with Gasteiger partial charge in [-0.2, -0.15) is 27.0 Å². The molecule has 4 aromatic carbocycles. The van der Waals surface area contributed by atoms with Crippen LogP contribution in [0.1, 0.15) is 31.8 Å². The fraction of sp³-hybridized carbons (Fsp3) is 0.0588. The smallest absolute Gasteiger partial charge is 0.296 e. The van der Waals surface area contributed by atoms with E-state index in [-0.39, 0.29) is 22.3 Å². The molecule has 0 saturated carbocycles. The van der Waals surface area contributed by atoms with Crippen LogP contribution in [-0.2, 0) is 20.2 Å². The minimum atomic E-state index is -4.91.